The van der Waals surface area contributed by atoms with Crippen molar-refractivity contribution in [3.63, 3.8) is 0 Å². The Hall–Kier alpha value is 0.246. The Balaban J connectivity index is -0.000000480. The van der Waals surface area contributed by atoms with Crippen LogP contribution in [0.15, 0.2) is 34.1 Å². The Morgan fingerprint density at radius 3 is 2.08 bits per heavy atom. The molecular formula is C7H10MgO3S2. The normalized spacial score (nSPS) is 10.6. The quantitative estimate of drug-likeness (QED) is 0.475. The van der Waals surface area contributed by atoms with Gasteiger partial charge in [0.2, 0.25) is 0 Å². The number of benzene rings is 1. The summed E-state index contributed by atoms with van der Waals surface area (Å²) in [7, 11) is -4.04. The molecule has 0 aliphatic heterocycles. The van der Waals surface area contributed by atoms with E-state index in [0.717, 1.165) is 4.90 Å². The van der Waals surface area contributed by atoms with Crippen molar-refractivity contribution >= 4 is 44.9 Å². The first-order valence-electron chi connectivity index (χ1n) is 3.15. The van der Waals surface area contributed by atoms with Crippen LogP contribution in [0.2, 0.25) is 0 Å². The van der Waals surface area contributed by atoms with Crippen molar-refractivity contribution in [1.29, 1.82) is 0 Å². The fraction of sp³-hybridized carbons (Fsp3) is 0.143. The molecule has 6 heteroatoms. The first-order valence-corrected chi connectivity index (χ1v) is 5.82. The average Bonchev–Trinajstić information content (AvgIpc) is 2.03. The third-order valence-corrected chi connectivity index (χ3v) is 2.97. The summed E-state index contributed by atoms with van der Waals surface area (Å²) in [5.41, 5.74) is 0. The Morgan fingerprint density at radius 2 is 1.77 bits per heavy atom. The molecule has 0 heterocycles. The van der Waals surface area contributed by atoms with Gasteiger partial charge in [0.15, 0.2) is 0 Å². The zero-order valence-corrected chi connectivity index (χ0v) is 10.1. The maximum Gasteiger partial charge on any atom is 2.00 e. The van der Waals surface area contributed by atoms with Gasteiger partial charge < -0.3 is 2.85 Å². The van der Waals surface area contributed by atoms with Crippen molar-refractivity contribution < 1.29 is 15.8 Å². The van der Waals surface area contributed by atoms with E-state index in [1.54, 1.807) is 12.1 Å². The third-order valence-electron chi connectivity index (χ3n) is 1.36. The van der Waals surface area contributed by atoms with Crippen LogP contribution >= 0.6 is 11.8 Å². The van der Waals surface area contributed by atoms with E-state index in [-0.39, 0.29) is 30.8 Å². The van der Waals surface area contributed by atoms with Gasteiger partial charge in [-0.05, 0) is 30.5 Å². The molecule has 0 saturated carbocycles. The van der Waals surface area contributed by atoms with Crippen molar-refractivity contribution in [3.8, 4) is 0 Å². The van der Waals surface area contributed by atoms with E-state index in [1.165, 1.54) is 23.9 Å². The average molecular weight is 231 g/mol. The largest absolute Gasteiger partial charge is 2.00 e. The molecule has 0 aromatic heterocycles. The molecule has 0 atom stereocenters. The number of hydrogen-bond acceptors (Lipinski definition) is 3. The monoisotopic (exact) mass is 230 g/mol. The molecule has 0 unspecified atom stereocenters. The van der Waals surface area contributed by atoms with Crippen LogP contribution in [0.5, 0.6) is 0 Å². The van der Waals surface area contributed by atoms with Crippen LogP contribution < -0.4 is 0 Å². The van der Waals surface area contributed by atoms with Gasteiger partial charge in [-0.1, -0.05) is 0 Å². The van der Waals surface area contributed by atoms with E-state index in [2.05, 4.69) is 0 Å². The second-order valence-electron chi connectivity index (χ2n) is 2.15. The van der Waals surface area contributed by atoms with Crippen LogP contribution in [0.3, 0.4) is 0 Å². The molecule has 0 radical (unpaired) electrons. The van der Waals surface area contributed by atoms with Crippen LogP contribution in [0, 0.1) is 0 Å². The molecule has 0 saturated heterocycles. The van der Waals surface area contributed by atoms with Gasteiger partial charge >= 0.3 is 23.1 Å². The fourth-order valence-electron chi connectivity index (χ4n) is 0.748. The Morgan fingerprint density at radius 1 is 1.31 bits per heavy atom. The molecule has 0 aliphatic rings. The van der Waals surface area contributed by atoms with E-state index in [9.17, 15) is 8.42 Å². The Kier molecular flexibility index (Phi) is 5.31. The molecule has 0 amide bonds. The molecule has 0 spiro atoms. The summed E-state index contributed by atoms with van der Waals surface area (Å²) < 4.78 is 29.8. The Labute approximate surface area is 101 Å². The number of rotatable bonds is 2. The molecule has 1 rings (SSSR count). The minimum Gasteiger partial charge on any atom is -1.00 e. The van der Waals surface area contributed by atoms with Crippen molar-refractivity contribution in [1.82, 2.24) is 0 Å². The van der Waals surface area contributed by atoms with Crippen molar-refractivity contribution in [2.24, 2.45) is 0 Å². The van der Waals surface area contributed by atoms with E-state index in [1.807, 2.05) is 6.26 Å². The van der Waals surface area contributed by atoms with Gasteiger partial charge in [-0.25, -0.2) is 0 Å². The standard InChI is InChI=1S/C7H8O3S2.Mg.2H/c1-11-6-2-4-7(5-3-6)12(8,9)10;;;/h2-5H,1H3,(H,8,9,10);;;/q;+2;2*-1. The summed E-state index contributed by atoms with van der Waals surface area (Å²) in [5, 5.41) is 0. The predicted molar refractivity (Wildman–Crippen MR) is 56.0 cm³/mol. The number of thioether (sulfide) groups is 1. The third kappa shape index (κ3) is 3.86. The van der Waals surface area contributed by atoms with Crippen molar-refractivity contribution in [3.05, 3.63) is 24.3 Å². The maximum absolute atomic E-state index is 10.6. The summed E-state index contributed by atoms with van der Waals surface area (Å²) in [6.45, 7) is 0. The summed E-state index contributed by atoms with van der Waals surface area (Å²) in [6.07, 6.45) is 1.89. The molecule has 1 aromatic rings. The van der Waals surface area contributed by atoms with Gasteiger partial charge in [-0.3, -0.25) is 4.55 Å². The summed E-state index contributed by atoms with van der Waals surface area (Å²) in [4.78, 5) is 0.891. The molecule has 1 N–H and O–H groups in total. The van der Waals surface area contributed by atoms with Gasteiger partial charge in [0.25, 0.3) is 10.1 Å². The first kappa shape index (κ1) is 13.2. The molecule has 1 aromatic carbocycles. The molecule has 3 nitrogen and oxygen atoms in total. The summed E-state index contributed by atoms with van der Waals surface area (Å²) in [5.74, 6) is 0. The molecule has 13 heavy (non-hydrogen) atoms. The minimum atomic E-state index is -4.04. The minimum absolute atomic E-state index is 0. The topological polar surface area (TPSA) is 54.4 Å². The van der Waals surface area contributed by atoms with Gasteiger partial charge in [-0.2, -0.15) is 8.42 Å². The van der Waals surface area contributed by atoms with Crippen LogP contribution in [0.1, 0.15) is 2.85 Å². The van der Waals surface area contributed by atoms with E-state index >= 15 is 0 Å². The molecule has 0 aliphatic carbocycles. The first-order chi connectivity index (χ1) is 5.54. The fourth-order valence-corrected chi connectivity index (χ4v) is 1.64. The zero-order valence-electron chi connectivity index (χ0n) is 9.10. The van der Waals surface area contributed by atoms with Crippen molar-refractivity contribution in [2.45, 2.75) is 9.79 Å². The van der Waals surface area contributed by atoms with Crippen molar-refractivity contribution in [2.75, 3.05) is 6.26 Å². The zero-order chi connectivity index (χ0) is 9.19. The number of hydrogen-bond donors (Lipinski definition) is 1. The van der Waals surface area contributed by atoms with Crippen LogP contribution in [-0.2, 0) is 10.1 Å². The van der Waals surface area contributed by atoms with Gasteiger partial charge in [0, 0.05) is 4.90 Å². The van der Waals surface area contributed by atoms with Gasteiger partial charge in [0.05, 0.1) is 4.90 Å². The molecule has 0 bridgehead atoms. The van der Waals surface area contributed by atoms with Crippen LogP contribution in [0.25, 0.3) is 0 Å². The van der Waals surface area contributed by atoms with Crippen LogP contribution in [-0.4, -0.2) is 42.3 Å². The smallest absolute Gasteiger partial charge is 1.00 e. The molecule has 70 valence electrons. The second kappa shape index (κ2) is 5.21. The second-order valence-corrected chi connectivity index (χ2v) is 4.45. The maximum atomic E-state index is 10.6. The molecular weight excluding hydrogens is 221 g/mol. The predicted octanol–water partition coefficient (Wildman–Crippen LogP) is 1.50. The molecule has 0 fully saturated rings. The van der Waals surface area contributed by atoms with Crippen LogP contribution in [0.4, 0.5) is 0 Å². The van der Waals surface area contributed by atoms with E-state index < -0.39 is 10.1 Å². The summed E-state index contributed by atoms with van der Waals surface area (Å²) >= 11 is 1.51. The van der Waals surface area contributed by atoms with E-state index in [4.69, 9.17) is 4.55 Å². The SMILES string of the molecule is CSc1ccc(S(=O)(=O)O)cc1.[H-].[H-].[Mg+2]. The van der Waals surface area contributed by atoms with Gasteiger partial charge in [0.1, 0.15) is 0 Å². The summed E-state index contributed by atoms with van der Waals surface area (Å²) in [6, 6.07) is 6.05. The van der Waals surface area contributed by atoms with Gasteiger partial charge in [-0.15, -0.1) is 11.8 Å². The van der Waals surface area contributed by atoms with E-state index in [0.29, 0.717) is 0 Å². The Bertz CT molecular complexity index is 366.